The molecule has 2 aromatic carbocycles. The number of nitrogens with zero attached hydrogens (tertiary/aromatic N) is 3. The molecule has 1 fully saturated rings. The molecule has 0 saturated carbocycles. The molecule has 1 aliphatic rings. The number of anilines is 1. The van der Waals surface area contributed by atoms with Gasteiger partial charge >= 0.3 is 11.9 Å². The zero-order chi connectivity index (χ0) is 25.3. The molecule has 0 bridgehead atoms. The number of alkyl halides is 3. The lowest BCUT2D eigenvalue weighted by molar-refractivity contribution is -0.137. The zero-order valence-electron chi connectivity index (χ0n) is 19.6. The fourth-order valence-electron chi connectivity index (χ4n) is 4.51. The Kier molecular flexibility index (Phi) is 6.85. The van der Waals surface area contributed by atoms with Crippen molar-refractivity contribution in [3.8, 4) is 11.4 Å². The summed E-state index contributed by atoms with van der Waals surface area (Å²) in [5, 5.41) is 4.47. The maximum atomic E-state index is 13.2. The van der Waals surface area contributed by atoms with Crippen molar-refractivity contribution in [3.05, 3.63) is 63.6 Å². The molecule has 1 saturated heterocycles. The van der Waals surface area contributed by atoms with Crippen LogP contribution < -0.4 is 10.7 Å². The number of aromatic nitrogens is 3. The van der Waals surface area contributed by atoms with Crippen molar-refractivity contribution in [1.82, 2.24) is 15.1 Å². The molecule has 1 aliphatic heterocycles. The second kappa shape index (κ2) is 10.1. The van der Waals surface area contributed by atoms with Gasteiger partial charge in [0.05, 0.1) is 22.4 Å². The third kappa shape index (κ3) is 5.46. The van der Waals surface area contributed by atoms with Gasteiger partial charge in [-0.25, -0.2) is 9.78 Å². The highest BCUT2D eigenvalue weighted by atomic mass is 32.1. The number of thiazole rings is 1. The molecule has 5 rings (SSSR count). The largest absolute Gasteiger partial charge is 0.439 e. The summed E-state index contributed by atoms with van der Waals surface area (Å²) < 4.78 is 50.4. The quantitative estimate of drug-likeness (QED) is 0.351. The predicted octanol–water partition coefficient (Wildman–Crippen LogP) is 5.44. The number of nitrogens with one attached hydrogen (secondary N) is 1. The van der Waals surface area contributed by atoms with Crippen LogP contribution in [-0.4, -0.2) is 41.4 Å². The van der Waals surface area contributed by atoms with Crippen molar-refractivity contribution < 1.29 is 22.4 Å². The third-order valence-corrected chi connectivity index (χ3v) is 7.44. The van der Waals surface area contributed by atoms with Crippen molar-refractivity contribution in [3.63, 3.8) is 0 Å². The molecule has 2 aromatic heterocycles. The second-order valence-corrected chi connectivity index (χ2v) is 10.1. The van der Waals surface area contributed by atoms with Crippen LogP contribution in [-0.2, 0) is 17.3 Å². The van der Waals surface area contributed by atoms with Gasteiger partial charge in [0.2, 0.25) is 0 Å². The van der Waals surface area contributed by atoms with Crippen LogP contribution in [0.2, 0.25) is 0 Å². The molecular weight excluding hydrogens is 493 g/mol. The molecular formula is C25H25F3N4O3S. The molecule has 36 heavy (non-hydrogen) atoms. The number of H-pyrrole nitrogens is 1. The molecule has 1 unspecified atom stereocenters. The standard InChI is InChI=1S/C25H25F3N4O3S/c1-15-11-16(4-6-19(15)22-30-24(33)35-31-22)8-9-32(13-17-3-2-10-34-14-17)23-29-20-7-5-18(25(26,27)28)12-21(20)36-23/h4-7,11-12,17H,2-3,8-10,13-14H2,1H3,(H,30,31,33). The van der Waals surface area contributed by atoms with Gasteiger partial charge in [-0.2, -0.15) is 13.2 Å². The van der Waals surface area contributed by atoms with Gasteiger partial charge in [0.25, 0.3) is 0 Å². The van der Waals surface area contributed by atoms with Crippen LogP contribution in [0.3, 0.4) is 0 Å². The first-order valence-corrected chi connectivity index (χ1v) is 12.5. The van der Waals surface area contributed by atoms with Crippen molar-refractivity contribution >= 4 is 26.7 Å². The summed E-state index contributed by atoms with van der Waals surface area (Å²) in [6.07, 6.45) is -1.63. The molecule has 0 amide bonds. The zero-order valence-corrected chi connectivity index (χ0v) is 20.4. The summed E-state index contributed by atoms with van der Waals surface area (Å²) in [7, 11) is 0. The average molecular weight is 519 g/mol. The van der Waals surface area contributed by atoms with Crippen molar-refractivity contribution in [2.75, 3.05) is 31.2 Å². The molecule has 0 radical (unpaired) electrons. The van der Waals surface area contributed by atoms with Crippen LogP contribution in [0.25, 0.3) is 21.6 Å². The monoisotopic (exact) mass is 518 g/mol. The summed E-state index contributed by atoms with van der Waals surface area (Å²) in [5.74, 6) is 0.120. The molecule has 0 aliphatic carbocycles. The van der Waals surface area contributed by atoms with E-state index in [0.717, 1.165) is 48.8 Å². The number of hydrogen-bond donors (Lipinski definition) is 1. The van der Waals surface area contributed by atoms with E-state index >= 15 is 0 Å². The summed E-state index contributed by atoms with van der Waals surface area (Å²) in [6, 6.07) is 9.61. The van der Waals surface area contributed by atoms with Gasteiger partial charge < -0.3 is 9.64 Å². The number of aryl methyl sites for hydroxylation is 1. The van der Waals surface area contributed by atoms with Crippen molar-refractivity contribution in [1.29, 1.82) is 0 Å². The number of hydrogen-bond acceptors (Lipinski definition) is 7. The molecule has 4 aromatic rings. The van der Waals surface area contributed by atoms with Crippen LogP contribution >= 0.6 is 11.3 Å². The van der Waals surface area contributed by atoms with Crippen LogP contribution in [0.4, 0.5) is 18.3 Å². The smallest absolute Gasteiger partial charge is 0.381 e. The fourth-order valence-corrected chi connectivity index (χ4v) is 5.55. The Balaban J connectivity index is 1.38. The molecule has 1 N–H and O–H groups in total. The molecule has 11 heteroatoms. The van der Waals surface area contributed by atoms with E-state index in [-0.39, 0.29) is 0 Å². The van der Waals surface area contributed by atoms with E-state index in [0.29, 0.717) is 46.7 Å². The van der Waals surface area contributed by atoms with Crippen molar-refractivity contribution in [2.45, 2.75) is 32.4 Å². The first kappa shape index (κ1) is 24.5. The lowest BCUT2D eigenvalue weighted by Crippen LogP contribution is -2.35. The van der Waals surface area contributed by atoms with Crippen LogP contribution in [0.1, 0.15) is 29.5 Å². The Labute approximate surface area is 208 Å². The number of benzene rings is 2. The Bertz CT molecular complexity index is 1410. The molecule has 0 spiro atoms. The van der Waals surface area contributed by atoms with Gasteiger partial charge in [-0.05, 0) is 61.4 Å². The fraction of sp³-hybridized carbons (Fsp3) is 0.400. The molecule has 7 nitrogen and oxygen atoms in total. The topological polar surface area (TPSA) is 84.2 Å². The maximum Gasteiger partial charge on any atom is 0.439 e. The predicted molar refractivity (Wildman–Crippen MR) is 131 cm³/mol. The van der Waals surface area contributed by atoms with Gasteiger partial charge in [-0.15, -0.1) is 0 Å². The van der Waals surface area contributed by atoms with E-state index in [4.69, 9.17) is 4.74 Å². The number of aromatic amines is 1. The average Bonchev–Trinajstić information content (AvgIpc) is 3.47. The van der Waals surface area contributed by atoms with Gasteiger partial charge in [-0.1, -0.05) is 34.7 Å². The Hall–Kier alpha value is -3.18. The van der Waals surface area contributed by atoms with E-state index in [1.165, 1.54) is 23.5 Å². The highest BCUT2D eigenvalue weighted by Gasteiger charge is 2.31. The number of ether oxygens (including phenoxy) is 1. The molecule has 3 heterocycles. The minimum atomic E-state index is -4.39. The lowest BCUT2D eigenvalue weighted by atomic mass is 10.0. The molecule has 1 atom stereocenters. The third-order valence-electron chi connectivity index (χ3n) is 6.36. The lowest BCUT2D eigenvalue weighted by Gasteiger charge is -2.29. The Morgan fingerprint density at radius 3 is 2.78 bits per heavy atom. The SMILES string of the molecule is Cc1cc(CCN(CC2CCCOC2)c2nc3ccc(C(F)(F)F)cc3s2)ccc1-c1noc(=O)[nH]1. The van der Waals surface area contributed by atoms with Crippen LogP contribution in [0.5, 0.6) is 0 Å². The number of fused-ring (bicyclic) bond motifs is 1. The summed E-state index contributed by atoms with van der Waals surface area (Å²) in [6.45, 7) is 4.75. The van der Waals surface area contributed by atoms with Gasteiger partial charge in [0.15, 0.2) is 11.0 Å². The van der Waals surface area contributed by atoms with E-state index in [1.807, 2.05) is 25.1 Å². The number of rotatable bonds is 7. The maximum absolute atomic E-state index is 13.2. The van der Waals surface area contributed by atoms with E-state index in [2.05, 4.69) is 24.5 Å². The van der Waals surface area contributed by atoms with E-state index in [1.54, 1.807) is 0 Å². The normalized spacial score (nSPS) is 16.5. The highest BCUT2D eigenvalue weighted by Crippen LogP contribution is 2.36. The van der Waals surface area contributed by atoms with Crippen molar-refractivity contribution in [2.24, 2.45) is 5.92 Å². The Morgan fingerprint density at radius 2 is 2.08 bits per heavy atom. The molecule has 190 valence electrons. The summed E-state index contributed by atoms with van der Waals surface area (Å²) in [4.78, 5) is 20.7. The van der Waals surface area contributed by atoms with Crippen LogP contribution in [0.15, 0.2) is 45.7 Å². The summed E-state index contributed by atoms with van der Waals surface area (Å²) in [5.41, 5.74) is 2.72. The summed E-state index contributed by atoms with van der Waals surface area (Å²) >= 11 is 1.29. The second-order valence-electron chi connectivity index (χ2n) is 9.05. The van der Waals surface area contributed by atoms with Gasteiger partial charge in [0, 0.05) is 25.3 Å². The first-order valence-electron chi connectivity index (χ1n) is 11.7. The van der Waals surface area contributed by atoms with Gasteiger partial charge in [-0.3, -0.25) is 9.51 Å². The van der Waals surface area contributed by atoms with Crippen LogP contribution in [0, 0.1) is 12.8 Å². The number of halogens is 3. The van der Waals surface area contributed by atoms with E-state index < -0.39 is 17.5 Å². The first-order chi connectivity index (χ1) is 17.3. The van der Waals surface area contributed by atoms with E-state index in [9.17, 15) is 18.0 Å². The Morgan fingerprint density at radius 1 is 1.22 bits per heavy atom. The minimum Gasteiger partial charge on any atom is -0.381 e. The highest BCUT2D eigenvalue weighted by molar-refractivity contribution is 7.22. The minimum absolute atomic E-state index is 0.338. The van der Waals surface area contributed by atoms with Gasteiger partial charge in [0.1, 0.15) is 0 Å².